The van der Waals surface area contributed by atoms with Gasteiger partial charge in [-0.2, -0.15) is 0 Å². The Bertz CT molecular complexity index is 484. The minimum atomic E-state index is -0.0525. The molecule has 0 aromatic carbocycles. The molecule has 3 rings (SSSR count). The van der Waals surface area contributed by atoms with E-state index < -0.39 is 0 Å². The SMILES string of the molecule is CN1CCOC2(CCN(c3cc(N)c(Cl)cn3)C2)C1. The van der Waals surface area contributed by atoms with Gasteiger partial charge in [-0.25, -0.2) is 4.98 Å². The number of nitrogen functional groups attached to an aromatic ring is 1. The first-order valence-electron chi connectivity index (χ1n) is 6.56. The van der Waals surface area contributed by atoms with Crippen molar-refractivity contribution < 1.29 is 4.74 Å². The zero-order chi connectivity index (χ0) is 13.5. The lowest BCUT2D eigenvalue weighted by Crippen LogP contribution is -2.52. The Morgan fingerprint density at radius 3 is 3.00 bits per heavy atom. The van der Waals surface area contributed by atoms with Crippen molar-refractivity contribution in [3.63, 3.8) is 0 Å². The molecule has 2 fully saturated rings. The van der Waals surface area contributed by atoms with Crippen LogP contribution in [0.25, 0.3) is 0 Å². The van der Waals surface area contributed by atoms with Crippen LogP contribution in [0.2, 0.25) is 5.02 Å². The molecule has 0 aliphatic carbocycles. The maximum Gasteiger partial charge on any atom is 0.130 e. The van der Waals surface area contributed by atoms with Gasteiger partial charge in [0.1, 0.15) is 5.82 Å². The summed E-state index contributed by atoms with van der Waals surface area (Å²) in [7, 11) is 2.14. The number of rotatable bonds is 1. The molecular formula is C13H19ClN4O. The van der Waals surface area contributed by atoms with Crippen molar-refractivity contribution >= 4 is 23.1 Å². The van der Waals surface area contributed by atoms with Gasteiger partial charge in [-0.3, -0.25) is 0 Å². The van der Waals surface area contributed by atoms with E-state index in [0.717, 1.165) is 45.0 Å². The van der Waals surface area contributed by atoms with Crippen LogP contribution in [0.1, 0.15) is 6.42 Å². The summed E-state index contributed by atoms with van der Waals surface area (Å²) in [5.41, 5.74) is 6.37. The van der Waals surface area contributed by atoms with Gasteiger partial charge in [0.2, 0.25) is 0 Å². The highest BCUT2D eigenvalue weighted by Gasteiger charge is 2.42. The van der Waals surface area contributed by atoms with Gasteiger partial charge in [0.15, 0.2) is 0 Å². The van der Waals surface area contributed by atoms with E-state index in [9.17, 15) is 0 Å². The number of pyridine rings is 1. The summed E-state index contributed by atoms with van der Waals surface area (Å²) in [6.45, 7) is 4.61. The highest BCUT2D eigenvalue weighted by Crippen LogP contribution is 2.32. The van der Waals surface area contributed by atoms with Gasteiger partial charge in [0, 0.05) is 38.4 Å². The van der Waals surface area contributed by atoms with Crippen molar-refractivity contribution in [3.05, 3.63) is 17.3 Å². The predicted molar refractivity (Wildman–Crippen MR) is 76.7 cm³/mol. The Morgan fingerprint density at radius 1 is 1.42 bits per heavy atom. The van der Waals surface area contributed by atoms with Crippen molar-refractivity contribution in [2.45, 2.75) is 12.0 Å². The van der Waals surface area contributed by atoms with Crippen molar-refractivity contribution in [2.75, 3.05) is 50.5 Å². The first kappa shape index (κ1) is 13.0. The summed E-state index contributed by atoms with van der Waals surface area (Å²) in [4.78, 5) is 8.92. The van der Waals surface area contributed by atoms with E-state index in [1.807, 2.05) is 6.07 Å². The number of morpholine rings is 1. The summed E-state index contributed by atoms with van der Waals surface area (Å²) in [5, 5.41) is 0.506. The molecule has 0 bridgehead atoms. The number of hydrogen-bond acceptors (Lipinski definition) is 5. The van der Waals surface area contributed by atoms with E-state index in [4.69, 9.17) is 22.1 Å². The van der Waals surface area contributed by atoms with Crippen LogP contribution in [-0.2, 0) is 4.74 Å². The molecule has 0 radical (unpaired) electrons. The number of nitrogens with two attached hydrogens (primary N) is 1. The largest absolute Gasteiger partial charge is 0.397 e. The average molecular weight is 283 g/mol. The lowest BCUT2D eigenvalue weighted by Gasteiger charge is -2.38. The maximum atomic E-state index is 6.03. The van der Waals surface area contributed by atoms with Gasteiger partial charge in [0.05, 0.1) is 22.9 Å². The molecule has 1 aromatic heterocycles. The van der Waals surface area contributed by atoms with Crippen molar-refractivity contribution in [1.29, 1.82) is 0 Å². The number of aromatic nitrogens is 1. The molecule has 1 spiro atoms. The highest BCUT2D eigenvalue weighted by molar-refractivity contribution is 6.32. The molecule has 1 unspecified atom stereocenters. The van der Waals surface area contributed by atoms with E-state index in [2.05, 4.69) is 21.8 Å². The van der Waals surface area contributed by atoms with Gasteiger partial charge in [-0.1, -0.05) is 11.6 Å². The maximum absolute atomic E-state index is 6.03. The molecule has 2 N–H and O–H groups in total. The smallest absolute Gasteiger partial charge is 0.130 e. The van der Waals surface area contributed by atoms with E-state index >= 15 is 0 Å². The fourth-order valence-electron chi connectivity index (χ4n) is 2.94. The summed E-state index contributed by atoms with van der Waals surface area (Å²) in [6, 6.07) is 1.84. The molecule has 1 atom stereocenters. The van der Waals surface area contributed by atoms with Gasteiger partial charge < -0.3 is 20.3 Å². The number of halogens is 1. The molecular weight excluding hydrogens is 264 g/mol. The van der Waals surface area contributed by atoms with E-state index in [0.29, 0.717) is 10.7 Å². The molecule has 19 heavy (non-hydrogen) atoms. The number of ether oxygens (including phenoxy) is 1. The second-order valence-corrected chi connectivity index (χ2v) is 5.91. The summed E-state index contributed by atoms with van der Waals surface area (Å²) >= 11 is 5.91. The summed E-state index contributed by atoms with van der Waals surface area (Å²) in [6.07, 6.45) is 2.65. The van der Waals surface area contributed by atoms with Crippen molar-refractivity contribution in [1.82, 2.24) is 9.88 Å². The van der Waals surface area contributed by atoms with Crippen LogP contribution in [0.15, 0.2) is 12.3 Å². The fourth-order valence-corrected chi connectivity index (χ4v) is 3.04. The van der Waals surface area contributed by atoms with Gasteiger partial charge in [-0.05, 0) is 13.5 Å². The van der Waals surface area contributed by atoms with Crippen LogP contribution in [0.4, 0.5) is 11.5 Å². The van der Waals surface area contributed by atoms with Gasteiger partial charge >= 0.3 is 0 Å². The zero-order valence-electron chi connectivity index (χ0n) is 11.1. The Balaban J connectivity index is 1.76. The average Bonchev–Trinajstić information content (AvgIpc) is 2.76. The second kappa shape index (κ2) is 4.81. The molecule has 0 amide bonds. The van der Waals surface area contributed by atoms with Crippen molar-refractivity contribution in [3.8, 4) is 0 Å². The second-order valence-electron chi connectivity index (χ2n) is 5.50. The fraction of sp³-hybridized carbons (Fsp3) is 0.615. The standard InChI is InChI=1S/C13H19ClN4O/c1-17-4-5-19-13(8-17)2-3-18(9-13)12-6-11(15)10(14)7-16-12/h6-7H,2-5,8-9H2,1H3,(H2,15,16). The minimum Gasteiger partial charge on any atom is -0.397 e. The minimum absolute atomic E-state index is 0.0525. The van der Waals surface area contributed by atoms with E-state index in [-0.39, 0.29) is 5.60 Å². The summed E-state index contributed by atoms with van der Waals surface area (Å²) in [5.74, 6) is 0.885. The molecule has 3 heterocycles. The molecule has 6 heteroatoms. The van der Waals surface area contributed by atoms with Crippen LogP contribution in [-0.4, -0.2) is 55.3 Å². The number of hydrogen-bond donors (Lipinski definition) is 1. The third-order valence-electron chi connectivity index (χ3n) is 3.95. The molecule has 0 saturated carbocycles. The topological polar surface area (TPSA) is 54.6 Å². The lowest BCUT2D eigenvalue weighted by atomic mass is 10.0. The van der Waals surface area contributed by atoms with Crippen molar-refractivity contribution in [2.24, 2.45) is 0 Å². The molecule has 2 saturated heterocycles. The monoisotopic (exact) mass is 282 g/mol. The molecule has 104 valence electrons. The first-order valence-corrected chi connectivity index (χ1v) is 6.94. The Kier molecular flexibility index (Phi) is 3.28. The lowest BCUT2D eigenvalue weighted by molar-refractivity contribution is -0.0886. The predicted octanol–water partition coefficient (Wildman–Crippen LogP) is 1.23. The van der Waals surface area contributed by atoms with E-state index in [1.165, 1.54) is 0 Å². The third kappa shape index (κ3) is 2.50. The number of anilines is 2. The molecule has 5 nitrogen and oxygen atoms in total. The van der Waals surface area contributed by atoms with Crippen LogP contribution in [0.3, 0.4) is 0 Å². The van der Waals surface area contributed by atoms with Gasteiger partial charge in [0.25, 0.3) is 0 Å². The molecule has 2 aliphatic heterocycles. The van der Waals surface area contributed by atoms with Gasteiger partial charge in [-0.15, -0.1) is 0 Å². The normalized spacial score (nSPS) is 28.2. The van der Waals surface area contributed by atoms with E-state index in [1.54, 1.807) is 6.20 Å². The number of likely N-dealkylation sites (N-methyl/N-ethyl adjacent to an activating group) is 1. The zero-order valence-corrected chi connectivity index (χ0v) is 11.9. The first-order chi connectivity index (χ1) is 9.08. The Morgan fingerprint density at radius 2 is 2.26 bits per heavy atom. The Hall–Kier alpha value is -1.04. The van der Waals surface area contributed by atoms with Crippen LogP contribution in [0.5, 0.6) is 0 Å². The highest BCUT2D eigenvalue weighted by atomic mass is 35.5. The quantitative estimate of drug-likeness (QED) is 0.840. The third-order valence-corrected chi connectivity index (χ3v) is 4.27. The molecule has 1 aromatic rings. The summed E-state index contributed by atoms with van der Waals surface area (Å²) < 4.78 is 6.03. The van der Waals surface area contributed by atoms with Crippen LogP contribution < -0.4 is 10.6 Å². The molecule has 2 aliphatic rings. The number of nitrogens with zero attached hydrogens (tertiary/aromatic N) is 3. The van der Waals surface area contributed by atoms with Crippen LogP contribution in [0, 0.1) is 0 Å². The van der Waals surface area contributed by atoms with Crippen LogP contribution >= 0.6 is 11.6 Å². The Labute approximate surface area is 118 Å².